The number of carbonyl (C=O) groups is 2. The molecule has 0 aliphatic heterocycles. The summed E-state index contributed by atoms with van der Waals surface area (Å²) in [5.74, 6) is 0.895. The number of rotatable bonds is 11. The number of methoxy groups -OCH3 is 2. The summed E-state index contributed by atoms with van der Waals surface area (Å²) in [7, 11) is 3.16. The van der Waals surface area contributed by atoms with Crippen LogP contribution in [-0.2, 0) is 22.4 Å². The predicted octanol–water partition coefficient (Wildman–Crippen LogP) is 5.57. The van der Waals surface area contributed by atoms with Gasteiger partial charge in [-0.3, -0.25) is 9.59 Å². The first-order valence-corrected chi connectivity index (χ1v) is 13.8. The van der Waals surface area contributed by atoms with Crippen LogP contribution in [0.4, 0.5) is 0 Å². The van der Waals surface area contributed by atoms with Gasteiger partial charge in [0, 0.05) is 17.5 Å². The van der Waals surface area contributed by atoms with Crippen molar-refractivity contribution in [1.82, 2.24) is 10.2 Å². The molecule has 0 unspecified atom stereocenters. The van der Waals surface area contributed by atoms with Crippen molar-refractivity contribution in [3.63, 3.8) is 0 Å². The molecule has 0 bridgehead atoms. The van der Waals surface area contributed by atoms with Gasteiger partial charge in [-0.15, -0.1) is 11.3 Å². The molecule has 6 nitrogen and oxygen atoms in total. The van der Waals surface area contributed by atoms with Gasteiger partial charge in [-0.05, 0) is 54.0 Å². The highest BCUT2D eigenvalue weighted by atomic mass is 32.1. The van der Waals surface area contributed by atoms with Crippen LogP contribution in [0.1, 0.15) is 54.1 Å². The molecule has 2 aromatic carbocycles. The molecule has 0 saturated heterocycles. The van der Waals surface area contributed by atoms with E-state index in [1.807, 2.05) is 47.8 Å². The summed E-state index contributed by atoms with van der Waals surface area (Å²) in [6.45, 7) is 0.422. The van der Waals surface area contributed by atoms with E-state index in [9.17, 15) is 9.59 Å². The van der Waals surface area contributed by atoms with Gasteiger partial charge >= 0.3 is 0 Å². The minimum absolute atomic E-state index is 0.0723. The van der Waals surface area contributed by atoms with Crippen molar-refractivity contribution < 1.29 is 19.1 Å². The number of nitrogens with zero attached hydrogens (tertiary/aromatic N) is 1. The van der Waals surface area contributed by atoms with Crippen LogP contribution in [0.25, 0.3) is 0 Å². The van der Waals surface area contributed by atoms with Crippen LogP contribution in [0.15, 0.2) is 66.0 Å². The first-order chi connectivity index (χ1) is 18.1. The Morgan fingerprint density at radius 2 is 1.73 bits per heavy atom. The van der Waals surface area contributed by atoms with Gasteiger partial charge in [0.15, 0.2) is 11.5 Å². The standard InChI is InChI=1S/C30H36N2O4S/c1-35-26-16-15-23(20-27(26)36-2)29(30(34)31-24-12-7-4-8-13-24)32(18-17-22-10-5-3-6-11-22)28(33)21-25-14-9-19-37-25/h3,5-6,9-11,14-16,19-20,24,29H,4,7-8,12-13,17-18,21H2,1-2H3,(H,31,34)/t29-/m0/s1. The Bertz CT molecular complexity index is 1140. The van der Waals surface area contributed by atoms with E-state index in [-0.39, 0.29) is 24.3 Å². The van der Waals surface area contributed by atoms with Crippen LogP contribution < -0.4 is 14.8 Å². The second-order valence-electron chi connectivity index (χ2n) is 9.44. The fraction of sp³-hybridized carbons (Fsp3) is 0.400. The lowest BCUT2D eigenvalue weighted by molar-refractivity contribution is -0.140. The number of nitrogens with one attached hydrogen (secondary N) is 1. The average Bonchev–Trinajstić information content (AvgIpc) is 3.44. The van der Waals surface area contributed by atoms with Crippen molar-refractivity contribution in [2.75, 3.05) is 20.8 Å². The van der Waals surface area contributed by atoms with Crippen molar-refractivity contribution in [2.24, 2.45) is 0 Å². The lowest BCUT2D eigenvalue weighted by Gasteiger charge is -2.34. The largest absolute Gasteiger partial charge is 0.493 e. The van der Waals surface area contributed by atoms with E-state index in [0.717, 1.165) is 36.1 Å². The van der Waals surface area contributed by atoms with E-state index in [4.69, 9.17) is 9.47 Å². The monoisotopic (exact) mass is 520 g/mol. The van der Waals surface area contributed by atoms with E-state index in [2.05, 4.69) is 17.4 Å². The Morgan fingerprint density at radius 1 is 0.973 bits per heavy atom. The van der Waals surface area contributed by atoms with Gasteiger partial charge in [0.1, 0.15) is 6.04 Å². The summed E-state index contributed by atoms with van der Waals surface area (Å²) in [5.41, 5.74) is 1.83. The first kappa shape index (κ1) is 26.7. The quantitative estimate of drug-likeness (QED) is 0.359. The molecule has 1 N–H and O–H groups in total. The SMILES string of the molecule is COc1ccc([C@@H](C(=O)NC2CCCCC2)N(CCc2ccccc2)C(=O)Cc2cccs2)cc1OC. The minimum Gasteiger partial charge on any atom is -0.493 e. The summed E-state index contributed by atoms with van der Waals surface area (Å²) in [6, 6.07) is 18.8. The van der Waals surface area contributed by atoms with Crippen molar-refractivity contribution in [3.8, 4) is 11.5 Å². The van der Waals surface area contributed by atoms with Crippen molar-refractivity contribution in [3.05, 3.63) is 82.0 Å². The van der Waals surface area contributed by atoms with Gasteiger partial charge in [0.25, 0.3) is 0 Å². The van der Waals surface area contributed by atoms with Crippen LogP contribution in [0.2, 0.25) is 0 Å². The molecule has 1 saturated carbocycles. The molecule has 7 heteroatoms. The summed E-state index contributed by atoms with van der Waals surface area (Å²) >= 11 is 1.55. The molecule has 0 spiro atoms. The molecule has 1 aromatic heterocycles. The number of thiophene rings is 1. The maximum atomic E-state index is 14.0. The molecule has 1 atom stereocenters. The maximum absolute atomic E-state index is 14.0. The molecule has 2 amide bonds. The fourth-order valence-electron chi connectivity index (χ4n) is 4.98. The Kier molecular flexibility index (Phi) is 9.60. The van der Waals surface area contributed by atoms with E-state index < -0.39 is 6.04 Å². The zero-order valence-electron chi connectivity index (χ0n) is 21.7. The van der Waals surface area contributed by atoms with Gasteiger partial charge in [-0.2, -0.15) is 0 Å². The summed E-state index contributed by atoms with van der Waals surface area (Å²) in [6.07, 6.45) is 6.27. The molecule has 1 heterocycles. The summed E-state index contributed by atoms with van der Waals surface area (Å²) in [5, 5.41) is 5.24. The van der Waals surface area contributed by atoms with E-state index >= 15 is 0 Å². The highest BCUT2D eigenvalue weighted by molar-refractivity contribution is 7.10. The van der Waals surface area contributed by atoms with E-state index in [1.54, 1.807) is 36.5 Å². The lowest BCUT2D eigenvalue weighted by Crippen LogP contribution is -2.48. The molecule has 3 aromatic rings. The number of hydrogen-bond donors (Lipinski definition) is 1. The summed E-state index contributed by atoms with van der Waals surface area (Å²) in [4.78, 5) is 30.5. The number of hydrogen-bond acceptors (Lipinski definition) is 5. The van der Waals surface area contributed by atoms with Crippen molar-refractivity contribution >= 4 is 23.2 Å². The molecular formula is C30H36N2O4S. The molecule has 1 aliphatic carbocycles. The van der Waals surface area contributed by atoms with Gasteiger partial charge in [0.05, 0.1) is 20.6 Å². The zero-order valence-corrected chi connectivity index (χ0v) is 22.5. The lowest BCUT2D eigenvalue weighted by atomic mass is 9.94. The highest BCUT2D eigenvalue weighted by Gasteiger charge is 2.33. The molecule has 1 fully saturated rings. The number of amides is 2. The smallest absolute Gasteiger partial charge is 0.247 e. The Morgan fingerprint density at radius 3 is 2.41 bits per heavy atom. The average molecular weight is 521 g/mol. The molecule has 196 valence electrons. The summed E-state index contributed by atoms with van der Waals surface area (Å²) < 4.78 is 11.0. The Labute approximate surface area is 223 Å². The molecule has 1 aliphatic rings. The number of benzene rings is 2. The van der Waals surface area contributed by atoms with Crippen LogP contribution >= 0.6 is 11.3 Å². The van der Waals surface area contributed by atoms with E-state index in [0.29, 0.717) is 30.0 Å². The first-order valence-electron chi connectivity index (χ1n) is 13.0. The topological polar surface area (TPSA) is 67.9 Å². The van der Waals surface area contributed by atoms with Gasteiger partial charge in [0.2, 0.25) is 11.8 Å². The van der Waals surface area contributed by atoms with Crippen LogP contribution in [0, 0.1) is 0 Å². The van der Waals surface area contributed by atoms with Crippen molar-refractivity contribution in [1.29, 1.82) is 0 Å². The number of carbonyl (C=O) groups excluding carboxylic acids is 2. The van der Waals surface area contributed by atoms with Gasteiger partial charge < -0.3 is 19.7 Å². The third kappa shape index (κ3) is 7.13. The van der Waals surface area contributed by atoms with Crippen LogP contribution in [0.3, 0.4) is 0 Å². The van der Waals surface area contributed by atoms with Gasteiger partial charge in [-0.25, -0.2) is 0 Å². The molecule has 4 rings (SSSR count). The third-order valence-corrected chi connectivity index (χ3v) is 7.82. The molecule has 37 heavy (non-hydrogen) atoms. The fourth-order valence-corrected chi connectivity index (χ4v) is 5.67. The van der Waals surface area contributed by atoms with E-state index in [1.165, 1.54) is 6.42 Å². The van der Waals surface area contributed by atoms with Crippen LogP contribution in [0.5, 0.6) is 11.5 Å². The molecular weight excluding hydrogens is 484 g/mol. The third-order valence-electron chi connectivity index (χ3n) is 6.95. The zero-order chi connectivity index (χ0) is 26.0. The van der Waals surface area contributed by atoms with Gasteiger partial charge in [-0.1, -0.05) is 61.7 Å². The maximum Gasteiger partial charge on any atom is 0.247 e. The van der Waals surface area contributed by atoms with Crippen molar-refractivity contribution in [2.45, 2.75) is 57.0 Å². The second-order valence-corrected chi connectivity index (χ2v) is 10.5. The number of ether oxygens (including phenoxy) is 2. The predicted molar refractivity (Wildman–Crippen MR) is 147 cm³/mol. The minimum atomic E-state index is -0.780. The Balaban J connectivity index is 1.69. The van der Waals surface area contributed by atoms with Crippen LogP contribution in [-0.4, -0.2) is 43.5 Å². The second kappa shape index (κ2) is 13.3. The normalized spacial score (nSPS) is 14.5. The highest BCUT2D eigenvalue weighted by Crippen LogP contribution is 2.33. The molecule has 0 radical (unpaired) electrons. The Hall–Kier alpha value is -3.32.